The monoisotopic (exact) mass is 238 g/mol. The molecule has 0 aromatic carbocycles. The van der Waals surface area contributed by atoms with Crippen LogP contribution in [0.4, 0.5) is 4.79 Å². The van der Waals surface area contributed by atoms with Crippen LogP contribution in [-0.2, 0) is 4.74 Å². The molecule has 1 aliphatic rings. The molecule has 0 bridgehead atoms. The summed E-state index contributed by atoms with van der Waals surface area (Å²) in [6, 6.07) is -0.428. The van der Waals surface area contributed by atoms with E-state index in [1.165, 1.54) is 0 Å². The smallest absolute Gasteiger partial charge is 0.407 e. The van der Waals surface area contributed by atoms with Crippen LogP contribution in [0.2, 0.25) is 0 Å². The third kappa shape index (κ3) is 4.78. The highest BCUT2D eigenvalue weighted by Gasteiger charge is 2.25. The van der Waals surface area contributed by atoms with Gasteiger partial charge in [0.2, 0.25) is 0 Å². The SMILES string of the molecule is CC(C)(C)OC(=O)NC1CC=CCC1N=[N+]=[N-]. The minimum Gasteiger partial charge on any atom is -0.444 e. The molecule has 0 saturated carbocycles. The highest BCUT2D eigenvalue weighted by molar-refractivity contribution is 5.68. The van der Waals surface area contributed by atoms with Crippen molar-refractivity contribution in [2.24, 2.45) is 5.11 Å². The number of ether oxygens (including phenoxy) is 1. The molecule has 94 valence electrons. The average Bonchev–Trinajstić information content (AvgIpc) is 2.18. The fourth-order valence-electron chi connectivity index (χ4n) is 1.61. The standard InChI is InChI=1S/C11H18N4O2/c1-11(2,3)17-10(16)13-8-6-4-5-7-9(8)14-15-12/h4-5,8-9H,6-7H2,1-3H3,(H,13,16). The van der Waals surface area contributed by atoms with E-state index in [0.29, 0.717) is 12.8 Å². The first-order valence-corrected chi connectivity index (χ1v) is 5.61. The number of nitrogens with one attached hydrogen (secondary N) is 1. The number of carbonyl (C=O) groups is 1. The molecule has 0 fully saturated rings. The van der Waals surface area contributed by atoms with Crippen molar-refractivity contribution < 1.29 is 9.53 Å². The largest absolute Gasteiger partial charge is 0.444 e. The van der Waals surface area contributed by atoms with E-state index in [2.05, 4.69) is 15.3 Å². The molecule has 0 saturated heterocycles. The van der Waals surface area contributed by atoms with Gasteiger partial charge in [-0.05, 0) is 39.1 Å². The van der Waals surface area contributed by atoms with E-state index in [4.69, 9.17) is 10.3 Å². The van der Waals surface area contributed by atoms with E-state index in [-0.39, 0.29) is 12.1 Å². The lowest BCUT2D eigenvalue weighted by Crippen LogP contribution is -2.45. The third-order valence-corrected chi connectivity index (χ3v) is 2.30. The minimum absolute atomic E-state index is 0.189. The van der Waals surface area contributed by atoms with E-state index in [1.807, 2.05) is 12.2 Å². The Kier molecular flexibility index (Phi) is 4.40. The lowest BCUT2D eigenvalue weighted by atomic mass is 9.97. The summed E-state index contributed by atoms with van der Waals surface area (Å²) in [5, 5.41) is 6.41. The molecule has 1 aliphatic carbocycles. The molecular weight excluding hydrogens is 220 g/mol. The lowest BCUT2D eigenvalue weighted by molar-refractivity contribution is 0.0496. The number of nitrogens with zero attached hydrogens (tertiary/aromatic N) is 3. The Morgan fingerprint density at radius 3 is 2.71 bits per heavy atom. The summed E-state index contributed by atoms with van der Waals surface area (Å²) in [4.78, 5) is 14.4. The van der Waals surface area contributed by atoms with Gasteiger partial charge in [-0.1, -0.05) is 17.3 Å². The summed E-state index contributed by atoms with van der Waals surface area (Å²) >= 11 is 0. The van der Waals surface area contributed by atoms with Gasteiger partial charge in [0.25, 0.3) is 0 Å². The fraction of sp³-hybridized carbons (Fsp3) is 0.727. The predicted molar refractivity (Wildman–Crippen MR) is 64.5 cm³/mol. The van der Waals surface area contributed by atoms with Gasteiger partial charge in [0.1, 0.15) is 5.60 Å². The van der Waals surface area contributed by atoms with Crippen LogP contribution in [0.5, 0.6) is 0 Å². The number of hydrogen-bond donors (Lipinski definition) is 1. The molecular formula is C11H18N4O2. The minimum atomic E-state index is -0.525. The molecule has 0 radical (unpaired) electrons. The zero-order valence-electron chi connectivity index (χ0n) is 10.4. The summed E-state index contributed by atoms with van der Waals surface area (Å²) in [5.74, 6) is 0. The first-order valence-electron chi connectivity index (χ1n) is 5.61. The summed E-state index contributed by atoms with van der Waals surface area (Å²) in [5.41, 5.74) is 7.92. The molecule has 2 atom stereocenters. The topological polar surface area (TPSA) is 87.1 Å². The Morgan fingerprint density at radius 2 is 2.12 bits per heavy atom. The van der Waals surface area contributed by atoms with Gasteiger partial charge in [0.05, 0.1) is 6.04 Å². The quantitative estimate of drug-likeness (QED) is 0.347. The van der Waals surface area contributed by atoms with E-state index in [1.54, 1.807) is 20.8 Å². The number of azide groups is 1. The Bertz CT molecular complexity index is 353. The number of rotatable bonds is 2. The van der Waals surface area contributed by atoms with Gasteiger partial charge in [-0.15, -0.1) is 0 Å². The molecule has 0 heterocycles. The van der Waals surface area contributed by atoms with Crippen LogP contribution in [0.15, 0.2) is 17.3 Å². The molecule has 1 N–H and O–H groups in total. The van der Waals surface area contributed by atoms with Crippen molar-refractivity contribution >= 4 is 6.09 Å². The van der Waals surface area contributed by atoms with Gasteiger partial charge in [-0.3, -0.25) is 0 Å². The van der Waals surface area contributed by atoms with Gasteiger partial charge < -0.3 is 10.1 Å². The van der Waals surface area contributed by atoms with Crippen molar-refractivity contribution in [2.45, 2.75) is 51.3 Å². The van der Waals surface area contributed by atoms with Crippen LogP contribution in [-0.4, -0.2) is 23.8 Å². The Balaban J connectivity index is 2.57. The van der Waals surface area contributed by atoms with E-state index >= 15 is 0 Å². The van der Waals surface area contributed by atoms with Crippen molar-refractivity contribution in [3.05, 3.63) is 22.6 Å². The normalized spacial score (nSPS) is 23.7. The van der Waals surface area contributed by atoms with Crippen molar-refractivity contribution in [1.82, 2.24) is 5.32 Å². The van der Waals surface area contributed by atoms with Crippen LogP contribution in [0.1, 0.15) is 33.6 Å². The number of alkyl carbamates (subject to hydrolysis) is 1. The van der Waals surface area contributed by atoms with E-state index < -0.39 is 11.7 Å². The maximum Gasteiger partial charge on any atom is 0.407 e. The zero-order valence-corrected chi connectivity index (χ0v) is 10.4. The number of hydrogen-bond acceptors (Lipinski definition) is 3. The van der Waals surface area contributed by atoms with Gasteiger partial charge in [0, 0.05) is 11.0 Å². The predicted octanol–water partition coefficient (Wildman–Crippen LogP) is 2.91. The van der Waals surface area contributed by atoms with Crippen LogP contribution < -0.4 is 5.32 Å². The van der Waals surface area contributed by atoms with E-state index in [9.17, 15) is 4.79 Å². The average molecular weight is 238 g/mol. The highest BCUT2D eigenvalue weighted by Crippen LogP contribution is 2.16. The van der Waals surface area contributed by atoms with Gasteiger partial charge >= 0.3 is 6.09 Å². The van der Waals surface area contributed by atoms with Crippen molar-refractivity contribution in [3.8, 4) is 0 Å². The third-order valence-electron chi connectivity index (χ3n) is 2.30. The number of carbonyl (C=O) groups excluding carboxylic acids is 1. The summed E-state index contributed by atoms with van der Waals surface area (Å²) in [6.45, 7) is 5.41. The molecule has 0 aromatic heterocycles. The fourth-order valence-corrected chi connectivity index (χ4v) is 1.61. The van der Waals surface area contributed by atoms with Gasteiger partial charge in [-0.25, -0.2) is 4.79 Å². The number of amides is 1. The molecule has 0 spiro atoms. The molecule has 1 amide bonds. The van der Waals surface area contributed by atoms with Gasteiger partial charge in [0.15, 0.2) is 0 Å². The highest BCUT2D eigenvalue weighted by atomic mass is 16.6. The van der Waals surface area contributed by atoms with Crippen molar-refractivity contribution in [3.63, 3.8) is 0 Å². The second kappa shape index (κ2) is 5.59. The van der Waals surface area contributed by atoms with Crippen molar-refractivity contribution in [1.29, 1.82) is 0 Å². The Labute approximate surface area is 101 Å². The summed E-state index contributed by atoms with van der Waals surface area (Å²) in [7, 11) is 0. The summed E-state index contributed by atoms with van der Waals surface area (Å²) < 4.78 is 5.16. The second-order valence-electron chi connectivity index (χ2n) is 4.97. The van der Waals surface area contributed by atoms with Crippen molar-refractivity contribution in [2.75, 3.05) is 0 Å². The Hall–Kier alpha value is -1.68. The summed E-state index contributed by atoms with van der Waals surface area (Å²) in [6.07, 6.45) is 4.74. The molecule has 0 aliphatic heterocycles. The maximum atomic E-state index is 11.6. The molecule has 2 unspecified atom stereocenters. The van der Waals surface area contributed by atoms with Crippen LogP contribution >= 0.6 is 0 Å². The second-order valence-corrected chi connectivity index (χ2v) is 4.97. The van der Waals surface area contributed by atoms with Crippen LogP contribution in [0, 0.1) is 0 Å². The molecule has 1 rings (SSSR count). The molecule has 0 aromatic rings. The van der Waals surface area contributed by atoms with Crippen LogP contribution in [0.3, 0.4) is 0 Å². The molecule has 17 heavy (non-hydrogen) atoms. The first kappa shape index (κ1) is 13.4. The Morgan fingerprint density at radius 1 is 1.47 bits per heavy atom. The molecule has 6 nitrogen and oxygen atoms in total. The first-order chi connectivity index (χ1) is 7.92. The zero-order chi connectivity index (χ0) is 12.9. The van der Waals surface area contributed by atoms with E-state index in [0.717, 1.165) is 0 Å². The molecule has 6 heteroatoms. The van der Waals surface area contributed by atoms with Gasteiger partial charge in [-0.2, -0.15) is 0 Å². The lowest BCUT2D eigenvalue weighted by Gasteiger charge is -2.27. The van der Waals surface area contributed by atoms with Crippen LogP contribution in [0.25, 0.3) is 10.4 Å². The maximum absolute atomic E-state index is 11.6.